The predicted molar refractivity (Wildman–Crippen MR) is 80.3 cm³/mol. The van der Waals surface area contributed by atoms with E-state index in [2.05, 4.69) is 6.92 Å². The summed E-state index contributed by atoms with van der Waals surface area (Å²) in [6.07, 6.45) is 8.56. The van der Waals surface area contributed by atoms with E-state index in [4.69, 9.17) is 16.9 Å². The predicted octanol–water partition coefficient (Wildman–Crippen LogP) is 5.81. The van der Waals surface area contributed by atoms with Crippen LogP contribution >= 0.6 is 11.6 Å². The third kappa shape index (κ3) is 3.52. The summed E-state index contributed by atoms with van der Waals surface area (Å²) in [6.45, 7) is 2.23. The van der Waals surface area contributed by atoms with Gasteiger partial charge in [-0.1, -0.05) is 37.8 Å². The Kier molecular flexibility index (Phi) is 5.43. The number of halogens is 2. The quantitative estimate of drug-likeness (QED) is 0.686. The molecule has 1 nitrogen and oxygen atoms in total. The molecule has 0 saturated heterocycles. The van der Waals surface area contributed by atoms with E-state index in [-0.39, 0.29) is 10.6 Å². The summed E-state index contributed by atoms with van der Waals surface area (Å²) in [4.78, 5) is 0. The Morgan fingerprint density at radius 1 is 1.30 bits per heavy atom. The van der Waals surface area contributed by atoms with Crippen molar-refractivity contribution in [2.24, 2.45) is 5.92 Å². The number of benzene rings is 1. The Bertz CT molecular complexity index is 475. The number of hydrogen-bond acceptors (Lipinski definition) is 1. The average Bonchev–Trinajstić information content (AvgIpc) is 2.45. The minimum atomic E-state index is -0.483. The van der Waals surface area contributed by atoms with E-state index in [1.165, 1.54) is 38.2 Å². The number of unbranched alkanes of at least 4 members (excludes halogenated alkanes) is 1. The molecular formula is C17H21ClFN. The van der Waals surface area contributed by atoms with Gasteiger partial charge in [-0.25, -0.2) is 4.39 Å². The number of rotatable bonds is 4. The fraction of sp³-hybridized carbons (Fsp3) is 0.588. The van der Waals surface area contributed by atoms with Crippen LogP contribution in [0, 0.1) is 23.1 Å². The van der Waals surface area contributed by atoms with Gasteiger partial charge in [-0.2, -0.15) is 5.26 Å². The first kappa shape index (κ1) is 15.3. The van der Waals surface area contributed by atoms with Crippen LogP contribution in [0.1, 0.15) is 68.9 Å². The summed E-state index contributed by atoms with van der Waals surface area (Å²) >= 11 is 5.99. The van der Waals surface area contributed by atoms with Gasteiger partial charge in [0.1, 0.15) is 17.4 Å². The largest absolute Gasteiger partial charge is 0.205 e. The highest BCUT2D eigenvalue weighted by Gasteiger charge is 2.23. The molecular weight excluding hydrogens is 273 g/mol. The third-order valence-electron chi connectivity index (χ3n) is 4.46. The molecule has 0 N–H and O–H groups in total. The van der Waals surface area contributed by atoms with Crippen LogP contribution in [0.3, 0.4) is 0 Å². The van der Waals surface area contributed by atoms with Crippen molar-refractivity contribution >= 4 is 11.6 Å². The molecule has 1 aliphatic rings. The van der Waals surface area contributed by atoms with E-state index < -0.39 is 5.82 Å². The van der Waals surface area contributed by atoms with Crippen LogP contribution in [-0.4, -0.2) is 0 Å². The first-order chi connectivity index (χ1) is 9.65. The lowest BCUT2D eigenvalue weighted by Gasteiger charge is -2.29. The lowest BCUT2D eigenvalue weighted by molar-refractivity contribution is 0.304. The molecule has 0 heterocycles. The van der Waals surface area contributed by atoms with E-state index in [1.54, 1.807) is 6.07 Å². The normalized spacial score (nSPS) is 22.5. The Balaban J connectivity index is 2.02. The standard InChI is InChI=1S/C17H21ClFN/c1-2-3-4-12-5-7-13(8-6-12)14-9-16(18)15(11-20)17(19)10-14/h9-10,12-13H,2-8H2,1H3/t12-,13-. The first-order valence-corrected chi connectivity index (χ1v) is 7.92. The van der Waals surface area contributed by atoms with Crippen molar-refractivity contribution in [3.05, 3.63) is 34.1 Å². The summed E-state index contributed by atoms with van der Waals surface area (Å²) < 4.78 is 13.8. The smallest absolute Gasteiger partial charge is 0.142 e. The molecule has 108 valence electrons. The van der Waals surface area contributed by atoms with Gasteiger partial charge in [0, 0.05) is 0 Å². The Labute approximate surface area is 125 Å². The lowest BCUT2D eigenvalue weighted by Crippen LogP contribution is -2.13. The molecule has 0 amide bonds. The highest BCUT2D eigenvalue weighted by Crippen LogP contribution is 2.39. The maximum atomic E-state index is 13.8. The molecule has 0 atom stereocenters. The number of nitriles is 1. The fourth-order valence-corrected chi connectivity index (χ4v) is 3.47. The second kappa shape index (κ2) is 7.09. The van der Waals surface area contributed by atoms with E-state index in [0.29, 0.717) is 5.92 Å². The third-order valence-corrected chi connectivity index (χ3v) is 4.76. The molecule has 1 fully saturated rings. The molecule has 1 aromatic carbocycles. The molecule has 0 bridgehead atoms. The van der Waals surface area contributed by atoms with Crippen molar-refractivity contribution in [2.75, 3.05) is 0 Å². The topological polar surface area (TPSA) is 23.8 Å². The summed E-state index contributed by atoms with van der Waals surface area (Å²) in [5.41, 5.74) is 0.924. The minimum Gasteiger partial charge on any atom is -0.205 e. The van der Waals surface area contributed by atoms with Crippen LogP contribution in [0.2, 0.25) is 5.02 Å². The van der Waals surface area contributed by atoms with Crippen molar-refractivity contribution in [1.82, 2.24) is 0 Å². The van der Waals surface area contributed by atoms with Crippen LogP contribution < -0.4 is 0 Å². The number of hydrogen-bond donors (Lipinski definition) is 0. The summed E-state index contributed by atoms with van der Waals surface area (Å²) in [5.74, 6) is 0.751. The molecule has 0 unspecified atom stereocenters. The minimum absolute atomic E-state index is 0.0351. The fourth-order valence-electron chi connectivity index (χ4n) is 3.21. The average molecular weight is 294 g/mol. The van der Waals surface area contributed by atoms with Crippen LogP contribution in [0.4, 0.5) is 4.39 Å². The Morgan fingerprint density at radius 2 is 2.00 bits per heavy atom. The summed E-state index contributed by atoms with van der Waals surface area (Å²) in [7, 11) is 0. The van der Waals surface area contributed by atoms with Crippen molar-refractivity contribution in [1.29, 1.82) is 5.26 Å². The maximum absolute atomic E-state index is 13.8. The van der Waals surface area contributed by atoms with Gasteiger partial charge in [0.05, 0.1) is 5.02 Å². The summed E-state index contributed by atoms with van der Waals surface area (Å²) in [5, 5.41) is 9.09. The molecule has 1 aromatic rings. The molecule has 0 spiro atoms. The van der Waals surface area contributed by atoms with Gasteiger partial charge < -0.3 is 0 Å². The zero-order valence-corrected chi connectivity index (χ0v) is 12.7. The van der Waals surface area contributed by atoms with E-state index >= 15 is 0 Å². The van der Waals surface area contributed by atoms with Crippen LogP contribution in [-0.2, 0) is 0 Å². The van der Waals surface area contributed by atoms with E-state index in [1.807, 2.05) is 6.07 Å². The molecule has 3 heteroatoms. The van der Waals surface area contributed by atoms with Crippen LogP contribution in [0.25, 0.3) is 0 Å². The first-order valence-electron chi connectivity index (χ1n) is 7.54. The zero-order valence-electron chi connectivity index (χ0n) is 12.0. The second-order valence-electron chi connectivity index (χ2n) is 5.83. The van der Waals surface area contributed by atoms with Gasteiger partial charge in [-0.05, 0) is 55.2 Å². The maximum Gasteiger partial charge on any atom is 0.142 e. The molecule has 0 aromatic heterocycles. The SMILES string of the molecule is CCCC[C@H]1CC[C@H](c2cc(F)c(C#N)c(Cl)c2)CC1. The number of nitrogens with zero attached hydrogens (tertiary/aromatic N) is 1. The Morgan fingerprint density at radius 3 is 2.55 bits per heavy atom. The molecule has 0 aliphatic heterocycles. The highest BCUT2D eigenvalue weighted by atomic mass is 35.5. The van der Waals surface area contributed by atoms with Crippen molar-refractivity contribution in [3.63, 3.8) is 0 Å². The van der Waals surface area contributed by atoms with Gasteiger partial charge >= 0.3 is 0 Å². The zero-order chi connectivity index (χ0) is 14.5. The van der Waals surface area contributed by atoms with Crippen molar-refractivity contribution in [2.45, 2.75) is 57.8 Å². The van der Waals surface area contributed by atoms with Gasteiger partial charge in [0.25, 0.3) is 0 Å². The van der Waals surface area contributed by atoms with Gasteiger partial charge in [0.15, 0.2) is 0 Å². The molecule has 20 heavy (non-hydrogen) atoms. The van der Waals surface area contributed by atoms with Crippen molar-refractivity contribution < 1.29 is 4.39 Å². The highest BCUT2D eigenvalue weighted by molar-refractivity contribution is 6.31. The molecule has 1 saturated carbocycles. The molecule has 0 radical (unpaired) electrons. The van der Waals surface area contributed by atoms with E-state index in [0.717, 1.165) is 24.3 Å². The Hall–Kier alpha value is -1.07. The summed E-state index contributed by atoms with van der Waals surface area (Å²) in [6, 6.07) is 5.10. The monoisotopic (exact) mass is 293 g/mol. The van der Waals surface area contributed by atoms with Gasteiger partial charge in [-0.15, -0.1) is 0 Å². The molecule has 2 rings (SSSR count). The lowest BCUT2D eigenvalue weighted by atomic mass is 9.77. The van der Waals surface area contributed by atoms with E-state index in [9.17, 15) is 4.39 Å². The second-order valence-corrected chi connectivity index (χ2v) is 6.24. The molecule has 1 aliphatic carbocycles. The van der Waals surface area contributed by atoms with Gasteiger partial charge in [-0.3, -0.25) is 0 Å². The van der Waals surface area contributed by atoms with Crippen LogP contribution in [0.15, 0.2) is 12.1 Å². The van der Waals surface area contributed by atoms with Gasteiger partial charge in [0.2, 0.25) is 0 Å². The van der Waals surface area contributed by atoms with Crippen molar-refractivity contribution in [3.8, 4) is 6.07 Å². The van der Waals surface area contributed by atoms with Crippen LogP contribution in [0.5, 0.6) is 0 Å².